The van der Waals surface area contributed by atoms with Crippen LogP contribution in [0.5, 0.6) is 17.5 Å². The van der Waals surface area contributed by atoms with E-state index in [0.717, 1.165) is 4.57 Å². The van der Waals surface area contributed by atoms with Crippen LogP contribution in [0.25, 0.3) is 17.2 Å². The van der Waals surface area contributed by atoms with Crippen molar-refractivity contribution in [2.45, 2.75) is 6.54 Å². The Hall–Kier alpha value is -4.51. The zero-order valence-corrected chi connectivity index (χ0v) is 21.3. The van der Waals surface area contributed by atoms with Crippen LogP contribution < -0.4 is 20.7 Å². The van der Waals surface area contributed by atoms with Crippen LogP contribution in [0.2, 0.25) is 10.0 Å². The van der Waals surface area contributed by atoms with Crippen molar-refractivity contribution in [3.8, 4) is 29.6 Å². The summed E-state index contributed by atoms with van der Waals surface area (Å²) in [7, 11) is 4.31. The van der Waals surface area contributed by atoms with Gasteiger partial charge in [-0.1, -0.05) is 35.3 Å². The van der Waals surface area contributed by atoms with Gasteiger partial charge in [0.25, 0.3) is 5.56 Å². The highest BCUT2D eigenvalue weighted by Gasteiger charge is 2.22. The predicted molar refractivity (Wildman–Crippen MR) is 138 cm³/mol. The molecule has 0 spiro atoms. The number of benzene rings is 2. The van der Waals surface area contributed by atoms with Gasteiger partial charge in [0.1, 0.15) is 17.7 Å². The van der Waals surface area contributed by atoms with E-state index in [2.05, 4.69) is 4.98 Å². The Bertz CT molecular complexity index is 1770. The fraction of sp³-hybridized carbons (Fsp3) is 0.160. The number of nitriles is 2. The minimum atomic E-state index is -0.557. The standard InChI is InChI=1S/C25H18Cl2N6O4/c1-31-22-21(23(34)32(2)25(31)35)33(13-16-5-6-17(26)10-18(16)27)24(30-22)37-19-7-4-14(9-20(19)36-3)8-15(11-28)12-29/h4-10H,13H2,1-3H3. The number of rotatable bonds is 6. The van der Waals surface area contributed by atoms with Gasteiger partial charge >= 0.3 is 11.7 Å². The Morgan fingerprint density at radius 2 is 1.78 bits per heavy atom. The molecule has 0 N–H and O–H groups in total. The normalized spacial score (nSPS) is 10.6. The number of nitrogens with zero attached hydrogens (tertiary/aromatic N) is 6. The Kier molecular flexibility index (Phi) is 7.07. The van der Waals surface area contributed by atoms with Gasteiger partial charge in [0.15, 0.2) is 22.7 Å². The Morgan fingerprint density at radius 3 is 2.43 bits per heavy atom. The number of hydrogen-bond acceptors (Lipinski definition) is 7. The summed E-state index contributed by atoms with van der Waals surface area (Å²) < 4.78 is 15.3. The Labute approximate surface area is 220 Å². The van der Waals surface area contributed by atoms with E-state index in [0.29, 0.717) is 21.2 Å². The predicted octanol–water partition coefficient (Wildman–Crippen LogP) is 4.02. The summed E-state index contributed by atoms with van der Waals surface area (Å²) in [5.41, 5.74) is 0.265. The Morgan fingerprint density at radius 1 is 1.05 bits per heavy atom. The van der Waals surface area contributed by atoms with Crippen molar-refractivity contribution in [3.05, 3.63) is 84.0 Å². The van der Waals surface area contributed by atoms with Gasteiger partial charge in [-0.25, -0.2) is 4.79 Å². The Balaban J connectivity index is 1.90. The van der Waals surface area contributed by atoms with Crippen LogP contribution in [0.4, 0.5) is 0 Å². The summed E-state index contributed by atoms with van der Waals surface area (Å²) in [4.78, 5) is 30.1. The second-order valence-corrected chi connectivity index (χ2v) is 8.73. The quantitative estimate of drug-likeness (QED) is 0.340. The zero-order valence-electron chi connectivity index (χ0n) is 19.8. The van der Waals surface area contributed by atoms with Crippen LogP contribution in [0, 0.1) is 22.7 Å². The molecule has 2 aromatic carbocycles. The van der Waals surface area contributed by atoms with Gasteiger partial charge in [0, 0.05) is 24.1 Å². The smallest absolute Gasteiger partial charge is 0.332 e. The number of ether oxygens (including phenoxy) is 2. The fourth-order valence-electron chi connectivity index (χ4n) is 3.68. The van der Waals surface area contributed by atoms with Crippen molar-refractivity contribution in [1.82, 2.24) is 18.7 Å². The van der Waals surface area contributed by atoms with Crippen LogP contribution in [0.1, 0.15) is 11.1 Å². The van der Waals surface area contributed by atoms with E-state index in [1.807, 2.05) is 0 Å². The van der Waals surface area contributed by atoms with E-state index >= 15 is 0 Å². The summed E-state index contributed by atoms with van der Waals surface area (Å²) in [5.74, 6) is 0.532. The second-order valence-electron chi connectivity index (χ2n) is 7.89. The molecule has 0 aliphatic heterocycles. The number of allylic oxidation sites excluding steroid dienone is 1. The van der Waals surface area contributed by atoms with Crippen molar-refractivity contribution >= 4 is 40.4 Å². The molecule has 2 heterocycles. The molecule has 0 atom stereocenters. The lowest BCUT2D eigenvalue weighted by Gasteiger charge is -2.13. The fourth-order valence-corrected chi connectivity index (χ4v) is 4.15. The molecular formula is C25H18Cl2N6O4. The first-order valence-electron chi connectivity index (χ1n) is 10.7. The third kappa shape index (κ3) is 4.81. The summed E-state index contributed by atoms with van der Waals surface area (Å²) in [6, 6.07) is 13.4. The van der Waals surface area contributed by atoms with Crippen molar-refractivity contribution in [3.63, 3.8) is 0 Å². The molecule has 4 aromatic rings. The minimum absolute atomic E-state index is 0.00986. The maximum Gasteiger partial charge on any atom is 0.332 e. The lowest BCUT2D eigenvalue weighted by Crippen LogP contribution is -2.37. The van der Waals surface area contributed by atoms with Gasteiger partial charge < -0.3 is 9.47 Å². The first-order chi connectivity index (χ1) is 17.7. The molecule has 0 radical (unpaired) electrons. The molecule has 4 rings (SSSR count). The largest absolute Gasteiger partial charge is 0.493 e. The number of aryl methyl sites for hydroxylation is 1. The second kappa shape index (κ2) is 10.2. The van der Waals surface area contributed by atoms with Crippen LogP contribution in [0.15, 0.2) is 51.6 Å². The van der Waals surface area contributed by atoms with Crippen LogP contribution in [-0.4, -0.2) is 25.8 Å². The van der Waals surface area contributed by atoms with Crippen molar-refractivity contribution in [2.24, 2.45) is 14.1 Å². The molecular weight excluding hydrogens is 519 g/mol. The average molecular weight is 537 g/mol. The number of fused-ring (bicyclic) bond motifs is 1. The SMILES string of the molecule is COc1cc(C=C(C#N)C#N)ccc1Oc1nc2c(c(=O)n(C)c(=O)n2C)n1Cc1ccc(Cl)cc1Cl. The summed E-state index contributed by atoms with van der Waals surface area (Å²) in [5, 5.41) is 18.9. The zero-order chi connectivity index (χ0) is 26.9. The van der Waals surface area contributed by atoms with Crippen LogP contribution >= 0.6 is 23.2 Å². The minimum Gasteiger partial charge on any atom is -0.493 e. The average Bonchev–Trinajstić information content (AvgIpc) is 3.24. The monoisotopic (exact) mass is 536 g/mol. The molecule has 186 valence electrons. The van der Waals surface area contributed by atoms with Gasteiger partial charge in [-0.3, -0.25) is 18.5 Å². The van der Waals surface area contributed by atoms with Gasteiger partial charge in [0.2, 0.25) is 0 Å². The molecule has 37 heavy (non-hydrogen) atoms. The maximum absolute atomic E-state index is 13.1. The van der Waals surface area contributed by atoms with Gasteiger partial charge in [-0.2, -0.15) is 15.5 Å². The van der Waals surface area contributed by atoms with E-state index < -0.39 is 11.2 Å². The molecule has 0 aliphatic rings. The van der Waals surface area contributed by atoms with E-state index in [-0.39, 0.29) is 40.8 Å². The molecule has 0 bridgehead atoms. The number of halogens is 2. The van der Waals surface area contributed by atoms with Crippen molar-refractivity contribution in [1.29, 1.82) is 10.5 Å². The van der Waals surface area contributed by atoms with Crippen molar-refractivity contribution in [2.75, 3.05) is 7.11 Å². The van der Waals surface area contributed by atoms with Gasteiger partial charge in [0.05, 0.1) is 13.7 Å². The van der Waals surface area contributed by atoms with E-state index in [9.17, 15) is 9.59 Å². The number of methoxy groups -OCH3 is 1. The molecule has 0 fully saturated rings. The molecule has 0 saturated carbocycles. The third-order valence-electron chi connectivity index (χ3n) is 5.60. The molecule has 0 unspecified atom stereocenters. The highest BCUT2D eigenvalue weighted by Crippen LogP contribution is 2.34. The molecule has 2 aromatic heterocycles. The van der Waals surface area contributed by atoms with E-state index in [1.54, 1.807) is 48.5 Å². The topological polar surface area (TPSA) is 128 Å². The van der Waals surface area contributed by atoms with Gasteiger partial charge in [-0.05, 0) is 41.5 Å². The third-order valence-corrected chi connectivity index (χ3v) is 6.18. The molecule has 0 amide bonds. The summed E-state index contributed by atoms with van der Waals surface area (Å²) in [6.07, 6.45) is 1.41. The highest BCUT2D eigenvalue weighted by atomic mass is 35.5. The molecule has 12 heteroatoms. The summed E-state index contributed by atoms with van der Waals surface area (Å²) in [6.45, 7) is 0.0894. The highest BCUT2D eigenvalue weighted by molar-refractivity contribution is 6.35. The lowest BCUT2D eigenvalue weighted by molar-refractivity contribution is 0.361. The van der Waals surface area contributed by atoms with Crippen molar-refractivity contribution < 1.29 is 9.47 Å². The molecule has 0 aliphatic carbocycles. The van der Waals surface area contributed by atoms with Crippen LogP contribution in [0.3, 0.4) is 0 Å². The maximum atomic E-state index is 13.1. The molecule has 0 saturated heterocycles. The van der Waals surface area contributed by atoms with Crippen LogP contribution in [-0.2, 0) is 20.6 Å². The lowest BCUT2D eigenvalue weighted by atomic mass is 10.1. The van der Waals surface area contributed by atoms with Gasteiger partial charge in [-0.15, -0.1) is 0 Å². The number of hydrogen-bond donors (Lipinski definition) is 0. The number of aromatic nitrogens is 4. The number of imidazole rings is 1. The van der Waals surface area contributed by atoms with E-state index in [4.69, 9.17) is 43.2 Å². The first-order valence-corrected chi connectivity index (χ1v) is 11.4. The van der Waals surface area contributed by atoms with E-state index in [1.165, 1.54) is 36.4 Å². The molecule has 10 nitrogen and oxygen atoms in total. The summed E-state index contributed by atoms with van der Waals surface area (Å²) >= 11 is 12.4. The first kappa shape index (κ1) is 25.6.